The number of aryl methyl sites for hydroxylation is 1. The number of rotatable bonds is 5. The maximum Gasteiger partial charge on any atom is 0.137 e. The molecule has 0 aliphatic heterocycles. The van der Waals surface area contributed by atoms with Crippen molar-refractivity contribution >= 4 is 17.2 Å². The van der Waals surface area contributed by atoms with E-state index in [1.807, 2.05) is 17.8 Å². The Morgan fingerprint density at radius 3 is 2.89 bits per heavy atom. The summed E-state index contributed by atoms with van der Waals surface area (Å²) in [6, 6.07) is 4.46. The van der Waals surface area contributed by atoms with E-state index in [1.54, 1.807) is 12.3 Å². The quantitative estimate of drug-likeness (QED) is 0.848. The molecule has 0 unspecified atom stereocenters. The van der Waals surface area contributed by atoms with Crippen molar-refractivity contribution in [3.8, 4) is 5.75 Å². The van der Waals surface area contributed by atoms with E-state index >= 15 is 0 Å². The first-order valence-electron chi connectivity index (χ1n) is 5.76. The molecule has 0 amide bonds. The lowest BCUT2D eigenvalue weighted by molar-refractivity contribution is 0.316. The van der Waals surface area contributed by atoms with E-state index in [4.69, 9.17) is 22.7 Å². The Hall–Kier alpha value is -1.95. The Balaban J connectivity index is 1.95. The SMILES string of the molecule is Cn1ccnc1CCOc1ccc(C(N)=S)c(F)c1. The highest BCUT2D eigenvalue weighted by atomic mass is 32.1. The van der Waals surface area contributed by atoms with E-state index in [9.17, 15) is 4.39 Å². The van der Waals surface area contributed by atoms with Crippen LogP contribution >= 0.6 is 12.2 Å². The Bertz CT molecular complexity index is 597. The van der Waals surface area contributed by atoms with Crippen molar-refractivity contribution in [2.45, 2.75) is 6.42 Å². The number of benzene rings is 1. The number of nitrogens with zero attached hydrogens (tertiary/aromatic N) is 2. The molecule has 1 heterocycles. The highest BCUT2D eigenvalue weighted by Crippen LogP contribution is 2.16. The fourth-order valence-electron chi connectivity index (χ4n) is 1.68. The number of nitrogens with two attached hydrogens (primary N) is 1. The van der Waals surface area contributed by atoms with Gasteiger partial charge in [0.05, 0.1) is 6.61 Å². The van der Waals surface area contributed by atoms with E-state index in [1.165, 1.54) is 12.1 Å². The molecule has 0 spiro atoms. The first-order valence-corrected chi connectivity index (χ1v) is 6.17. The topological polar surface area (TPSA) is 53.1 Å². The van der Waals surface area contributed by atoms with Crippen molar-refractivity contribution in [3.05, 3.63) is 47.8 Å². The van der Waals surface area contributed by atoms with Crippen LogP contribution in [0.5, 0.6) is 5.75 Å². The van der Waals surface area contributed by atoms with Crippen LogP contribution in [0.3, 0.4) is 0 Å². The molecule has 1 aromatic carbocycles. The summed E-state index contributed by atoms with van der Waals surface area (Å²) in [7, 11) is 1.92. The molecule has 0 aliphatic carbocycles. The van der Waals surface area contributed by atoms with Crippen LogP contribution in [0.15, 0.2) is 30.6 Å². The number of imidazole rings is 1. The molecule has 0 saturated heterocycles. The predicted octanol–water partition coefficient (Wildman–Crippen LogP) is 1.81. The lowest BCUT2D eigenvalue weighted by Gasteiger charge is -2.08. The largest absolute Gasteiger partial charge is 0.493 e. The number of ether oxygens (including phenoxy) is 1. The summed E-state index contributed by atoms with van der Waals surface area (Å²) in [4.78, 5) is 4.22. The van der Waals surface area contributed by atoms with Crippen molar-refractivity contribution in [2.75, 3.05) is 6.61 Å². The number of aromatic nitrogens is 2. The first kappa shape index (κ1) is 13.5. The Kier molecular flexibility index (Phi) is 4.11. The van der Waals surface area contributed by atoms with Gasteiger partial charge >= 0.3 is 0 Å². The van der Waals surface area contributed by atoms with Crippen LogP contribution in [0.2, 0.25) is 0 Å². The maximum absolute atomic E-state index is 13.6. The standard InChI is InChI=1S/C13H14FN3OS/c1-17-6-5-16-12(17)4-7-18-9-2-3-10(13(15)19)11(14)8-9/h2-3,5-6,8H,4,7H2,1H3,(H2,15,19). The van der Waals surface area contributed by atoms with Gasteiger partial charge in [0.2, 0.25) is 0 Å². The van der Waals surface area contributed by atoms with Gasteiger partial charge in [0, 0.05) is 37.5 Å². The van der Waals surface area contributed by atoms with Gasteiger partial charge in [-0.1, -0.05) is 12.2 Å². The monoisotopic (exact) mass is 279 g/mol. The van der Waals surface area contributed by atoms with Gasteiger partial charge < -0.3 is 15.0 Å². The predicted molar refractivity (Wildman–Crippen MR) is 74.7 cm³/mol. The molecule has 19 heavy (non-hydrogen) atoms. The zero-order chi connectivity index (χ0) is 13.8. The van der Waals surface area contributed by atoms with Crippen molar-refractivity contribution in [1.29, 1.82) is 0 Å². The highest BCUT2D eigenvalue weighted by Gasteiger charge is 2.07. The van der Waals surface area contributed by atoms with Gasteiger partial charge in [0.1, 0.15) is 22.4 Å². The van der Waals surface area contributed by atoms with Gasteiger partial charge in [-0.25, -0.2) is 9.37 Å². The number of halogens is 1. The number of hydrogen-bond acceptors (Lipinski definition) is 3. The first-order chi connectivity index (χ1) is 9.08. The normalized spacial score (nSPS) is 10.4. The van der Waals surface area contributed by atoms with Gasteiger partial charge in [0.15, 0.2) is 0 Å². The fourth-order valence-corrected chi connectivity index (χ4v) is 1.85. The molecule has 0 fully saturated rings. The molecule has 0 bridgehead atoms. The molecule has 2 aromatic rings. The molecule has 100 valence electrons. The summed E-state index contributed by atoms with van der Waals surface area (Å²) >= 11 is 4.73. The fraction of sp³-hybridized carbons (Fsp3) is 0.231. The molecular formula is C13H14FN3OS. The van der Waals surface area contributed by atoms with Crippen LogP contribution in [0.25, 0.3) is 0 Å². The average Bonchev–Trinajstić information content (AvgIpc) is 2.75. The van der Waals surface area contributed by atoms with Crippen LogP contribution in [0.4, 0.5) is 4.39 Å². The number of hydrogen-bond donors (Lipinski definition) is 1. The molecule has 0 saturated carbocycles. The molecule has 6 heteroatoms. The molecule has 2 rings (SSSR count). The lowest BCUT2D eigenvalue weighted by Crippen LogP contribution is -2.12. The maximum atomic E-state index is 13.6. The van der Waals surface area contributed by atoms with Gasteiger partial charge in [-0.3, -0.25) is 0 Å². The van der Waals surface area contributed by atoms with E-state index in [0.717, 1.165) is 5.82 Å². The second kappa shape index (κ2) is 5.79. The average molecular weight is 279 g/mol. The van der Waals surface area contributed by atoms with Crippen LogP contribution < -0.4 is 10.5 Å². The summed E-state index contributed by atoms with van der Waals surface area (Å²) in [5, 5.41) is 0. The second-order valence-corrected chi connectivity index (χ2v) is 4.50. The molecule has 0 aliphatic rings. The molecule has 1 aromatic heterocycles. The third-order valence-corrected chi connectivity index (χ3v) is 2.94. The molecular weight excluding hydrogens is 265 g/mol. The van der Waals surface area contributed by atoms with E-state index in [2.05, 4.69) is 4.98 Å². The van der Waals surface area contributed by atoms with Crippen LogP contribution in [-0.2, 0) is 13.5 Å². The van der Waals surface area contributed by atoms with Gasteiger partial charge in [-0.05, 0) is 12.1 Å². The highest BCUT2D eigenvalue weighted by molar-refractivity contribution is 7.80. The minimum atomic E-state index is -0.470. The summed E-state index contributed by atoms with van der Waals surface area (Å²) in [5.74, 6) is 0.897. The van der Waals surface area contributed by atoms with Gasteiger partial charge in [0.25, 0.3) is 0 Å². The summed E-state index contributed by atoms with van der Waals surface area (Å²) in [6.07, 6.45) is 4.25. The van der Waals surface area contributed by atoms with Crippen molar-refractivity contribution < 1.29 is 9.13 Å². The minimum Gasteiger partial charge on any atom is -0.493 e. The third-order valence-electron chi connectivity index (χ3n) is 2.72. The molecule has 0 atom stereocenters. The van der Waals surface area contributed by atoms with Gasteiger partial charge in [-0.2, -0.15) is 0 Å². The Morgan fingerprint density at radius 2 is 2.32 bits per heavy atom. The Morgan fingerprint density at radius 1 is 1.53 bits per heavy atom. The van der Waals surface area contributed by atoms with Crippen molar-refractivity contribution in [3.63, 3.8) is 0 Å². The Labute approximate surface area is 116 Å². The zero-order valence-corrected chi connectivity index (χ0v) is 11.3. The number of thiocarbonyl (C=S) groups is 1. The summed E-state index contributed by atoms with van der Waals surface area (Å²) in [6.45, 7) is 0.427. The smallest absolute Gasteiger partial charge is 0.137 e. The van der Waals surface area contributed by atoms with E-state index in [0.29, 0.717) is 18.8 Å². The summed E-state index contributed by atoms with van der Waals surface area (Å²) in [5.41, 5.74) is 5.61. The molecule has 2 N–H and O–H groups in total. The zero-order valence-electron chi connectivity index (χ0n) is 10.5. The van der Waals surface area contributed by atoms with E-state index < -0.39 is 5.82 Å². The lowest BCUT2D eigenvalue weighted by atomic mass is 10.2. The van der Waals surface area contributed by atoms with Gasteiger partial charge in [-0.15, -0.1) is 0 Å². The molecule has 0 radical (unpaired) electrons. The molecule has 4 nitrogen and oxygen atoms in total. The second-order valence-electron chi connectivity index (χ2n) is 4.06. The minimum absolute atomic E-state index is 0.0389. The van der Waals surface area contributed by atoms with Crippen molar-refractivity contribution in [1.82, 2.24) is 9.55 Å². The third kappa shape index (κ3) is 3.29. The van der Waals surface area contributed by atoms with Crippen molar-refractivity contribution in [2.24, 2.45) is 12.8 Å². The van der Waals surface area contributed by atoms with Crippen LogP contribution in [-0.4, -0.2) is 21.1 Å². The van der Waals surface area contributed by atoms with Crippen LogP contribution in [0.1, 0.15) is 11.4 Å². The summed E-state index contributed by atoms with van der Waals surface area (Å²) < 4.78 is 21.0. The van der Waals surface area contributed by atoms with Crippen LogP contribution in [0, 0.1) is 5.82 Å². The van der Waals surface area contributed by atoms with E-state index in [-0.39, 0.29) is 10.6 Å².